The first-order valence-corrected chi connectivity index (χ1v) is 13.0. The number of methoxy groups -OCH3 is 1. The number of esters is 1. The molecule has 1 saturated heterocycles. The molecule has 2 aliphatic heterocycles. The summed E-state index contributed by atoms with van der Waals surface area (Å²) in [6, 6.07) is 0. The number of amides is 1. The van der Waals surface area contributed by atoms with Gasteiger partial charge in [0, 0.05) is 30.9 Å². The van der Waals surface area contributed by atoms with Gasteiger partial charge in [0.15, 0.2) is 0 Å². The van der Waals surface area contributed by atoms with Crippen LogP contribution in [0.4, 0.5) is 0 Å². The molecule has 2 aliphatic rings. The van der Waals surface area contributed by atoms with Crippen LogP contribution in [0.3, 0.4) is 0 Å². The average molecular weight is 457 g/mol. The molecule has 0 spiro atoms. The molecule has 168 valence electrons. The number of carbonyl (C=O) groups excluding carboxylic acids is 2. The van der Waals surface area contributed by atoms with E-state index in [0.29, 0.717) is 39.0 Å². The molecule has 0 unspecified atom stereocenters. The SMILES string of the molecule is COC(=O)c1c(S(=O)(=O)N2CCCCCCC2)sc2c1CCN(C(=O)CC(C)C)C2. The van der Waals surface area contributed by atoms with Gasteiger partial charge in [-0.3, -0.25) is 4.79 Å². The Morgan fingerprint density at radius 2 is 1.70 bits per heavy atom. The van der Waals surface area contributed by atoms with Crippen molar-refractivity contribution >= 4 is 33.2 Å². The third kappa shape index (κ3) is 4.89. The first kappa shape index (κ1) is 23.2. The maximum absolute atomic E-state index is 13.5. The highest BCUT2D eigenvalue weighted by molar-refractivity contribution is 7.91. The van der Waals surface area contributed by atoms with Crippen molar-refractivity contribution in [2.24, 2.45) is 5.92 Å². The number of sulfonamides is 1. The standard InChI is InChI=1S/C21H32N2O5S2/c1-15(2)13-18(24)22-12-9-16-17(14-22)29-21(19(16)20(25)28-3)30(26,27)23-10-7-5-4-6-8-11-23/h15H,4-14H2,1-3H3. The van der Waals surface area contributed by atoms with Gasteiger partial charge in [-0.05, 0) is 30.7 Å². The largest absolute Gasteiger partial charge is 0.465 e. The minimum Gasteiger partial charge on any atom is -0.465 e. The highest BCUT2D eigenvalue weighted by Crippen LogP contribution is 2.38. The lowest BCUT2D eigenvalue weighted by atomic mass is 10.0. The van der Waals surface area contributed by atoms with E-state index >= 15 is 0 Å². The Kier molecular flexibility index (Phi) is 7.57. The molecule has 30 heavy (non-hydrogen) atoms. The summed E-state index contributed by atoms with van der Waals surface area (Å²) in [5, 5.41) is 0. The predicted octanol–water partition coefficient (Wildman–Crippen LogP) is 3.42. The molecule has 1 aromatic rings. The Bertz CT molecular complexity index is 883. The fourth-order valence-electron chi connectivity index (χ4n) is 4.14. The summed E-state index contributed by atoms with van der Waals surface area (Å²) >= 11 is 1.13. The van der Waals surface area contributed by atoms with Gasteiger partial charge in [-0.2, -0.15) is 4.31 Å². The summed E-state index contributed by atoms with van der Waals surface area (Å²) in [7, 11) is -2.51. The molecule has 1 aromatic heterocycles. The molecule has 0 N–H and O–H groups in total. The van der Waals surface area contributed by atoms with Crippen molar-refractivity contribution in [3.8, 4) is 0 Å². The number of rotatable bonds is 5. The van der Waals surface area contributed by atoms with Crippen LogP contribution in [0, 0.1) is 5.92 Å². The van der Waals surface area contributed by atoms with Gasteiger partial charge in [-0.25, -0.2) is 13.2 Å². The molecule has 1 amide bonds. The zero-order chi connectivity index (χ0) is 21.9. The fraction of sp³-hybridized carbons (Fsp3) is 0.714. The van der Waals surface area contributed by atoms with Crippen LogP contribution in [0.1, 0.15) is 73.2 Å². The lowest BCUT2D eigenvalue weighted by Gasteiger charge is -2.28. The van der Waals surface area contributed by atoms with Crippen molar-refractivity contribution in [1.29, 1.82) is 0 Å². The first-order valence-electron chi connectivity index (χ1n) is 10.8. The van der Waals surface area contributed by atoms with Crippen molar-refractivity contribution in [3.63, 3.8) is 0 Å². The molecular weight excluding hydrogens is 424 g/mol. The second-order valence-corrected chi connectivity index (χ2v) is 11.7. The highest BCUT2D eigenvalue weighted by Gasteiger charge is 2.37. The van der Waals surface area contributed by atoms with Crippen LogP contribution in [0.15, 0.2) is 4.21 Å². The van der Waals surface area contributed by atoms with E-state index in [1.54, 1.807) is 4.90 Å². The van der Waals surface area contributed by atoms with Gasteiger partial charge in [0.2, 0.25) is 5.91 Å². The van der Waals surface area contributed by atoms with Gasteiger partial charge in [-0.15, -0.1) is 11.3 Å². The smallest absolute Gasteiger partial charge is 0.340 e. The minimum absolute atomic E-state index is 0.0665. The summed E-state index contributed by atoms with van der Waals surface area (Å²) in [5.41, 5.74) is 0.904. The van der Waals surface area contributed by atoms with E-state index in [-0.39, 0.29) is 21.6 Å². The Hall–Kier alpha value is -1.45. The molecule has 0 aliphatic carbocycles. The van der Waals surface area contributed by atoms with Crippen molar-refractivity contribution in [1.82, 2.24) is 9.21 Å². The number of hydrogen-bond donors (Lipinski definition) is 0. The predicted molar refractivity (Wildman–Crippen MR) is 116 cm³/mol. The normalized spacial score (nSPS) is 18.6. The van der Waals surface area contributed by atoms with E-state index in [0.717, 1.165) is 53.9 Å². The van der Waals surface area contributed by atoms with Crippen molar-refractivity contribution in [2.45, 2.75) is 69.5 Å². The average Bonchev–Trinajstić information content (AvgIpc) is 3.05. The third-order valence-corrected chi connectivity index (χ3v) is 9.35. The van der Waals surface area contributed by atoms with Crippen LogP contribution in [-0.2, 0) is 32.5 Å². The fourth-order valence-corrected chi connectivity index (χ4v) is 7.69. The lowest BCUT2D eigenvalue weighted by molar-refractivity contribution is -0.132. The quantitative estimate of drug-likeness (QED) is 0.634. The summed E-state index contributed by atoms with van der Waals surface area (Å²) in [4.78, 5) is 27.7. The number of carbonyl (C=O) groups is 2. The van der Waals surface area contributed by atoms with Gasteiger partial charge in [0.25, 0.3) is 10.0 Å². The summed E-state index contributed by atoms with van der Waals surface area (Å²) in [5.74, 6) is -0.284. The number of hydrogen-bond acceptors (Lipinski definition) is 6. The molecule has 7 nitrogen and oxygen atoms in total. The molecular formula is C21H32N2O5S2. The van der Waals surface area contributed by atoms with Gasteiger partial charge in [0.1, 0.15) is 4.21 Å². The lowest BCUT2D eigenvalue weighted by Crippen LogP contribution is -2.36. The molecule has 0 radical (unpaired) electrons. The zero-order valence-corrected chi connectivity index (χ0v) is 19.7. The van der Waals surface area contributed by atoms with E-state index in [2.05, 4.69) is 0 Å². The molecule has 0 bridgehead atoms. The van der Waals surface area contributed by atoms with E-state index in [1.807, 2.05) is 13.8 Å². The Balaban J connectivity index is 1.96. The van der Waals surface area contributed by atoms with Gasteiger partial charge < -0.3 is 9.64 Å². The van der Waals surface area contributed by atoms with Gasteiger partial charge in [0.05, 0.1) is 19.2 Å². The molecule has 0 aromatic carbocycles. The summed E-state index contributed by atoms with van der Waals surface area (Å²) in [6.07, 6.45) is 5.76. The molecule has 3 heterocycles. The Morgan fingerprint density at radius 3 is 2.30 bits per heavy atom. The van der Waals surface area contributed by atoms with Crippen LogP contribution in [0.25, 0.3) is 0 Å². The molecule has 3 rings (SSSR count). The third-order valence-electron chi connectivity index (χ3n) is 5.74. The molecule has 0 saturated carbocycles. The minimum atomic E-state index is -3.79. The van der Waals surface area contributed by atoms with Crippen LogP contribution in [-0.4, -0.2) is 56.2 Å². The van der Waals surface area contributed by atoms with Crippen LogP contribution >= 0.6 is 11.3 Å². The number of fused-ring (bicyclic) bond motifs is 1. The van der Waals surface area contributed by atoms with Crippen molar-refractivity contribution < 1.29 is 22.7 Å². The first-order chi connectivity index (χ1) is 14.3. The van der Waals surface area contributed by atoms with Gasteiger partial charge >= 0.3 is 5.97 Å². The maximum Gasteiger partial charge on any atom is 0.340 e. The van der Waals surface area contributed by atoms with Crippen molar-refractivity contribution in [2.75, 3.05) is 26.7 Å². The van der Waals surface area contributed by atoms with Crippen LogP contribution in [0.5, 0.6) is 0 Å². The second kappa shape index (κ2) is 9.78. The topological polar surface area (TPSA) is 84.0 Å². The molecule has 9 heteroatoms. The number of ether oxygens (including phenoxy) is 1. The highest BCUT2D eigenvalue weighted by atomic mass is 32.2. The Morgan fingerprint density at radius 1 is 1.07 bits per heavy atom. The van der Waals surface area contributed by atoms with Gasteiger partial charge in [-0.1, -0.05) is 33.1 Å². The monoisotopic (exact) mass is 456 g/mol. The second-order valence-electron chi connectivity index (χ2n) is 8.49. The molecule has 0 atom stereocenters. The van der Waals surface area contributed by atoms with E-state index in [4.69, 9.17) is 4.74 Å². The van der Waals surface area contributed by atoms with Crippen LogP contribution < -0.4 is 0 Å². The van der Waals surface area contributed by atoms with E-state index in [1.165, 1.54) is 11.4 Å². The maximum atomic E-state index is 13.5. The summed E-state index contributed by atoms with van der Waals surface area (Å²) in [6.45, 7) is 5.80. The molecule has 1 fully saturated rings. The number of nitrogens with zero attached hydrogens (tertiary/aromatic N) is 2. The zero-order valence-electron chi connectivity index (χ0n) is 18.1. The Labute approximate surface area is 183 Å². The summed E-state index contributed by atoms with van der Waals surface area (Å²) < 4.78 is 33.6. The van der Waals surface area contributed by atoms with Crippen LogP contribution in [0.2, 0.25) is 0 Å². The van der Waals surface area contributed by atoms with E-state index in [9.17, 15) is 18.0 Å². The number of thiophene rings is 1. The van der Waals surface area contributed by atoms with E-state index < -0.39 is 16.0 Å². The van der Waals surface area contributed by atoms with Crippen molar-refractivity contribution in [3.05, 3.63) is 16.0 Å².